The first-order valence-corrected chi connectivity index (χ1v) is 7.16. The zero-order chi connectivity index (χ0) is 12.1. The lowest BCUT2D eigenvalue weighted by Crippen LogP contribution is -2.25. The number of rotatable bonds is 4. The zero-order valence-electron chi connectivity index (χ0n) is 10.1. The molecule has 1 aromatic rings. The van der Waals surface area contributed by atoms with Crippen molar-refractivity contribution in [3.05, 3.63) is 11.9 Å². The third kappa shape index (κ3) is 3.47. The summed E-state index contributed by atoms with van der Waals surface area (Å²) in [6.07, 6.45) is 3.20. The highest BCUT2D eigenvalue weighted by Crippen LogP contribution is 2.21. The largest absolute Gasteiger partial charge is 0.367 e. The van der Waals surface area contributed by atoms with Crippen LogP contribution in [-0.4, -0.2) is 27.5 Å². The number of aryl methyl sites for hydroxylation is 1. The maximum atomic E-state index is 5.40. The van der Waals surface area contributed by atoms with Crippen LogP contribution in [0.2, 0.25) is 0 Å². The number of nitrogens with one attached hydrogen (secondary N) is 2. The van der Waals surface area contributed by atoms with Crippen LogP contribution in [0.5, 0.6) is 0 Å². The molecular formula is C11H19N5S. The minimum atomic E-state index is 0.529. The number of nitrogen functional groups attached to an aromatic ring is 1. The van der Waals surface area contributed by atoms with E-state index >= 15 is 0 Å². The van der Waals surface area contributed by atoms with E-state index in [-0.39, 0.29) is 0 Å². The molecule has 6 heteroatoms. The highest BCUT2D eigenvalue weighted by atomic mass is 32.2. The summed E-state index contributed by atoms with van der Waals surface area (Å²) in [5.41, 5.74) is 2.58. The fraction of sp³-hybridized carbons (Fsp3) is 0.636. The summed E-state index contributed by atoms with van der Waals surface area (Å²) in [4.78, 5) is 8.74. The Balaban J connectivity index is 2.07. The Morgan fingerprint density at radius 3 is 2.71 bits per heavy atom. The molecule has 1 aliphatic heterocycles. The average molecular weight is 253 g/mol. The van der Waals surface area contributed by atoms with Crippen molar-refractivity contribution < 1.29 is 0 Å². The van der Waals surface area contributed by atoms with Gasteiger partial charge in [0.2, 0.25) is 0 Å². The van der Waals surface area contributed by atoms with E-state index in [2.05, 4.69) is 20.7 Å². The lowest BCUT2D eigenvalue weighted by molar-refractivity contribution is 0.662. The number of aromatic nitrogens is 2. The molecule has 1 aromatic heterocycles. The van der Waals surface area contributed by atoms with Gasteiger partial charge in [0.1, 0.15) is 17.5 Å². The van der Waals surface area contributed by atoms with Gasteiger partial charge in [0.15, 0.2) is 0 Å². The van der Waals surface area contributed by atoms with Crippen molar-refractivity contribution in [3.8, 4) is 0 Å². The molecule has 5 nitrogen and oxygen atoms in total. The van der Waals surface area contributed by atoms with Gasteiger partial charge in [-0.2, -0.15) is 11.8 Å². The normalized spacial score (nSPS) is 16.8. The summed E-state index contributed by atoms with van der Waals surface area (Å²) in [6.45, 7) is 2.04. The third-order valence-corrected chi connectivity index (χ3v) is 3.86. The second-order valence-electron chi connectivity index (χ2n) is 4.08. The van der Waals surface area contributed by atoms with Crippen molar-refractivity contribution >= 4 is 23.4 Å². The van der Waals surface area contributed by atoms with E-state index in [1.165, 1.54) is 24.3 Å². The van der Waals surface area contributed by atoms with E-state index in [1.54, 1.807) is 0 Å². The van der Waals surface area contributed by atoms with E-state index in [1.807, 2.05) is 24.8 Å². The van der Waals surface area contributed by atoms with Crippen LogP contribution in [0.3, 0.4) is 0 Å². The van der Waals surface area contributed by atoms with E-state index in [4.69, 9.17) is 5.84 Å². The van der Waals surface area contributed by atoms with Gasteiger partial charge < -0.3 is 10.7 Å². The Kier molecular flexibility index (Phi) is 4.44. The molecule has 0 radical (unpaired) electrons. The van der Waals surface area contributed by atoms with Crippen molar-refractivity contribution in [3.63, 3.8) is 0 Å². The summed E-state index contributed by atoms with van der Waals surface area (Å²) in [6, 6.07) is 2.39. The van der Waals surface area contributed by atoms with Crippen LogP contribution < -0.4 is 16.6 Å². The van der Waals surface area contributed by atoms with E-state index < -0.39 is 0 Å². The summed E-state index contributed by atoms with van der Waals surface area (Å²) >= 11 is 2.02. The molecule has 0 atom stereocenters. The molecular weight excluding hydrogens is 234 g/mol. The Morgan fingerprint density at radius 2 is 2.06 bits per heavy atom. The Bertz CT molecular complexity index is 343. The van der Waals surface area contributed by atoms with Gasteiger partial charge >= 0.3 is 0 Å². The van der Waals surface area contributed by atoms with Crippen LogP contribution >= 0.6 is 11.8 Å². The zero-order valence-corrected chi connectivity index (χ0v) is 10.9. The lowest BCUT2D eigenvalue weighted by atomic mass is 10.1. The van der Waals surface area contributed by atoms with Gasteiger partial charge in [0, 0.05) is 18.5 Å². The van der Waals surface area contributed by atoms with Gasteiger partial charge in [0.25, 0.3) is 0 Å². The van der Waals surface area contributed by atoms with Crippen molar-refractivity contribution in [2.24, 2.45) is 5.84 Å². The highest BCUT2D eigenvalue weighted by Gasteiger charge is 2.14. The minimum absolute atomic E-state index is 0.529. The molecule has 0 spiro atoms. The standard InChI is InChI=1S/C11H19N5S/c1-2-9-14-10(7-11(15-9)16-12)13-8-3-5-17-6-4-8/h7-8H,2-6,12H2,1H3,(H2,13,14,15,16). The van der Waals surface area contributed by atoms with Crippen LogP contribution in [0.1, 0.15) is 25.6 Å². The molecule has 0 bridgehead atoms. The molecule has 0 unspecified atom stereocenters. The minimum Gasteiger partial charge on any atom is -0.367 e. The topological polar surface area (TPSA) is 75.9 Å². The molecule has 2 rings (SSSR count). The maximum Gasteiger partial charge on any atom is 0.145 e. The Labute approximate surface area is 106 Å². The number of anilines is 2. The lowest BCUT2D eigenvalue weighted by Gasteiger charge is -2.23. The van der Waals surface area contributed by atoms with Gasteiger partial charge in [-0.3, -0.25) is 0 Å². The molecule has 0 aliphatic carbocycles. The van der Waals surface area contributed by atoms with Crippen LogP contribution in [0, 0.1) is 0 Å². The molecule has 2 heterocycles. The molecule has 4 N–H and O–H groups in total. The molecule has 0 aromatic carbocycles. The second kappa shape index (κ2) is 6.07. The van der Waals surface area contributed by atoms with Gasteiger partial charge in [-0.15, -0.1) is 0 Å². The smallest absolute Gasteiger partial charge is 0.145 e. The van der Waals surface area contributed by atoms with E-state index in [0.29, 0.717) is 11.9 Å². The molecule has 0 amide bonds. The first-order valence-electron chi connectivity index (χ1n) is 6.00. The highest BCUT2D eigenvalue weighted by molar-refractivity contribution is 7.99. The van der Waals surface area contributed by atoms with Gasteiger partial charge in [-0.25, -0.2) is 15.8 Å². The first kappa shape index (κ1) is 12.4. The van der Waals surface area contributed by atoms with E-state index in [0.717, 1.165) is 18.1 Å². The second-order valence-corrected chi connectivity index (χ2v) is 5.31. The summed E-state index contributed by atoms with van der Waals surface area (Å²) in [7, 11) is 0. The number of nitrogens with two attached hydrogens (primary N) is 1. The SMILES string of the molecule is CCc1nc(NN)cc(NC2CCSCC2)n1. The fourth-order valence-electron chi connectivity index (χ4n) is 1.85. The third-order valence-electron chi connectivity index (χ3n) is 2.81. The number of nitrogens with zero attached hydrogens (tertiary/aromatic N) is 2. The number of hydrazine groups is 1. The molecule has 17 heavy (non-hydrogen) atoms. The van der Waals surface area contributed by atoms with Crippen LogP contribution in [0.15, 0.2) is 6.07 Å². The Hall–Kier alpha value is -1.01. The molecule has 0 saturated carbocycles. The van der Waals surface area contributed by atoms with Crippen LogP contribution in [0.25, 0.3) is 0 Å². The first-order chi connectivity index (χ1) is 8.31. The monoisotopic (exact) mass is 253 g/mol. The summed E-state index contributed by atoms with van der Waals surface area (Å²) in [5.74, 6) is 10.2. The molecule has 1 fully saturated rings. The number of hydrogen-bond acceptors (Lipinski definition) is 6. The quantitative estimate of drug-likeness (QED) is 0.559. The van der Waals surface area contributed by atoms with Crippen LogP contribution in [-0.2, 0) is 6.42 Å². The maximum absolute atomic E-state index is 5.40. The van der Waals surface area contributed by atoms with Crippen LogP contribution in [0.4, 0.5) is 11.6 Å². The fourth-order valence-corrected chi connectivity index (χ4v) is 2.96. The summed E-state index contributed by atoms with van der Waals surface area (Å²) in [5, 5.41) is 3.47. The van der Waals surface area contributed by atoms with Crippen molar-refractivity contribution in [1.82, 2.24) is 9.97 Å². The Morgan fingerprint density at radius 1 is 1.35 bits per heavy atom. The number of thioether (sulfide) groups is 1. The van der Waals surface area contributed by atoms with Gasteiger partial charge in [-0.05, 0) is 24.3 Å². The van der Waals surface area contributed by atoms with Gasteiger partial charge in [0.05, 0.1) is 0 Å². The average Bonchev–Trinajstić information content (AvgIpc) is 2.39. The van der Waals surface area contributed by atoms with Crippen molar-refractivity contribution in [2.45, 2.75) is 32.2 Å². The van der Waals surface area contributed by atoms with Gasteiger partial charge in [-0.1, -0.05) is 6.92 Å². The molecule has 1 saturated heterocycles. The van der Waals surface area contributed by atoms with E-state index in [9.17, 15) is 0 Å². The predicted molar refractivity (Wildman–Crippen MR) is 73.2 cm³/mol. The predicted octanol–water partition coefficient (Wildman–Crippen LogP) is 1.63. The molecule has 1 aliphatic rings. The summed E-state index contributed by atoms with van der Waals surface area (Å²) < 4.78 is 0. The number of hydrogen-bond donors (Lipinski definition) is 3. The van der Waals surface area contributed by atoms with Crippen molar-refractivity contribution in [1.29, 1.82) is 0 Å². The molecule has 94 valence electrons. The van der Waals surface area contributed by atoms with Crippen molar-refractivity contribution in [2.75, 3.05) is 22.2 Å².